The summed E-state index contributed by atoms with van der Waals surface area (Å²) in [6.45, 7) is 4.27. The normalized spacial score (nSPS) is 13.2. The number of nitrogens with zero attached hydrogens (tertiary/aromatic N) is 1. The van der Waals surface area contributed by atoms with Gasteiger partial charge in [0.2, 0.25) is 0 Å². The number of aliphatic imine (C=N–C) groups is 1. The van der Waals surface area contributed by atoms with Crippen LogP contribution in [-0.2, 0) is 20.0 Å². The first-order valence-corrected chi connectivity index (χ1v) is 9.80. The van der Waals surface area contributed by atoms with Crippen LogP contribution in [0.3, 0.4) is 0 Å². The van der Waals surface area contributed by atoms with Crippen LogP contribution < -0.4 is 0 Å². The molecule has 2 aromatic carbocycles. The van der Waals surface area contributed by atoms with Gasteiger partial charge in [0.05, 0.1) is 13.2 Å². The summed E-state index contributed by atoms with van der Waals surface area (Å²) in [5.74, 6) is -0.569. The van der Waals surface area contributed by atoms with E-state index >= 15 is 0 Å². The molecular formula is C19H24NO3P. The molecule has 0 aliphatic carbocycles. The second kappa shape index (κ2) is 9.53. The van der Waals surface area contributed by atoms with Crippen molar-refractivity contribution in [2.24, 2.45) is 4.99 Å². The minimum absolute atomic E-state index is 0.323. The van der Waals surface area contributed by atoms with E-state index in [0.29, 0.717) is 19.6 Å². The Labute approximate surface area is 144 Å². The van der Waals surface area contributed by atoms with E-state index in [2.05, 4.69) is 4.99 Å². The van der Waals surface area contributed by atoms with E-state index in [1.807, 2.05) is 74.5 Å². The van der Waals surface area contributed by atoms with Crippen LogP contribution in [0.1, 0.15) is 25.0 Å². The van der Waals surface area contributed by atoms with Crippen LogP contribution in [0.15, 0.2) is 65.7 Å². The molecular weight excluding hydrogens is 321 g/mol. The average molecular weight is 345 g/mol. The standard InChI is InChI=1S/C19H24NO3P/c1-3-22-24(21,23-4-2)19(15-17-11-7-5-8-12-17)20-16-18-13-9-6-10-14-18/h5-14,16,19H,3-4,15H2,1-2H3. The van der Waals surface area contributed by atoms with Gasteiger partial charge in [-0.05, 0) is 25.0 Å². The zero-order chi connectivity index (χ0) is 17.3. The minimum Gasteiger partial charge on any atom is -0.307 e. The lowest BCUT2D eigenvalue weighted by Gasteiger charge is -2.23. The molecule has 0 amide bonds. The summed E-state index contributed by atoms with van der Waals surface area (Å²) in [7, 11) is -3.33. The van der Waals surface area contributed by atoms with Crippen LogP contribution in [0, 0.1) is 0 Å². The highest BCUT2D eigenvalue weighted by Crippen LogP contribution is 2.54. The Morgan fingerprint density at radius 2 is 1.50 bits per heavy atom. The number of benzene rings is 2. The summed E-state index contributed by atoms with van der Waals surface area (Å²) >= 11 is 0. The van der Waals surface area contributed by atoms with Gasteiger partial charge >= 0.3 is 7.60 Å². The summed E-state index contributed by atoms with van der Waals surface area (Å²) in [4.78, 5) is 4.56. The van der Waals surface area contributed by atoms with Gasteiger partial charge in [-0.25, -0.2) is 0 Å². The molecule has 4 nitrogen and oxygen atoms in total. The Hall–Kier alpha value is -1.74. The van der Waals surface area contributed by atoms with Crippen LogP contribution in [0.4, 0.5) is 0 Å². The number of hydrogen-bond donors (Lipinski definition) is 0. The largest absolute Gasteiger partial charge is 0.355 e. The van der Waals surface area contributed by atoms with Crippen LogP contribution >= 0.6 is 7.60 Å². The SMILES string of the molecule is CCOP(=O)(OCC)C(Cc1ccccc1)N=Cc1ccccc1. The minimum atomic E-state index is -3.33. The van der Waals surface area contributed by atoms with Gasteiger partial charge in [0.25, 0.3) is 0 Å². The maximum atomic E-state index is 13.2. The third-order valence-electron chi connectivity index (χ3n) is 3.44. The van der Waals surface area contributed by atoms with Crippen molar-refractivity contribution < 1.29 is 13.6 Å². The zero-order valence-electron chi connectivity index (χ0n) is 14.2. The third-order valence-corrected chi connectivity index (χ3v) is 5.72. The summed E-state index contributed by atoms with van der Waals surface area (Å²) in [6.07, 6.45) is 2.24. The molecule has 1 unspecified atom stereocenters. The van der Waals surface area contributed by atoms with Crippen molar-refractivity contribution in [3.63, 3.8) is 0 Å². The fourth-order valence-electron chi connectivity index (χ4n) is 2.35. The Balaban J connectivity index is 2.29. The van der Waals surface area contributed by atoms with Crippen molar-refractivity contribution in [1.29, 1.82) is 0 Å². The van der Waals surface area contributed by atoms with Gasteiger partial charge < -0.3 is 9.05 Å². The first-order valence-electron chi connectivity index (χ1n) is 8.19. The fourth-order valence-corrected chi connectivity index (χ4v) is 4.15. The highest BCUT2D eigenvalue weighted by molar-refractivity contribution is 7.54. The first-order chi connectivity index (χ1) is 11.7. The van der Waals surface area contributed by atoms with E-state index in [0.717, 1.165) is 11.1 Å². The highest BCUT2D eigenvalue weighted by Gasteiger charge is 2.35. The van der Waals surface area contributed by atoms with E-state index in [9.17, 15) is 4.57 Å². The van der Waals surface area contributed by atoms with E-state index in [-0.39, 0.29) is 0 Å². The fraction of sp³-hybridized carbons (Fsp3) is 0.316. The van der Waals surface area contributed by atoms with Gasteiger partial charge in [-0.3, -0.25) is 9.56 Å². The zero-order valence-corrected chi connectivity index (χ0v) is 15.1. The summed E-state index contributed by atoms with van der Waals surface area (Å²) < 4.78 is 24.2. The summed E-state index contributed by atoms with van der Waals surface area (Å²) in [6, 6.07) is 19.6. The van der Waals surface area contributed by atoms with E-state index in [4.69, 9.17) is 9.05 Å². The third kappa shape index (κ3) is 5.41. The van der Waals surface area contributed by atoms with Gasteiger partial charge in [-0.15, -0.1) is 0 Å². The second-order valence-electron chi connectivity index (χ2n) is 5.23. The Bertz CT molecular complexity index is 664. The van der Waals surface area contributed by atoms with Gasteiger partial charge in [-0.2, -0.15) is 0 Å². The molecule has 5 heteroatoms. The lowest BCUT2D eigenvalue weighted by atomic mass is 10.1. The highest BCUT2D eigenvalue weighted by atomic mass is 31.2. The molecule has 0 saturated carbocycles. The molecule has 0 N–H and O–H groups in total. The van der Waals surface area contributed by atoms with Gasteiger partial charge in [0, 0.05) is 12.6 Å². The molecule has 1 atom stereocenters. The van der Waals surface area contributed by atoms with Crippen molar-refractivity contribution in [3.05, 3.63) is 71.8 Å². The maximum absolute atomic E-state index is 13.2. The molecule has 0 bridgehead atoms. The molecule has 0 spiro atoms. The Morgan fingerprint density at radius 1 is 0.958 bits per heavy atom. The van der Waals surface area contributed by atoms with Crippen LogP contribution in [-0.4, -0.2) is 25.2 Å². The summed E-state index contributed by atoms with van der Waals surface area (Å²) in [5, 5.41) is 0. The maximum Gasteiger partial charge on any atom is 0.355 e. The average Bonchev–Trinajstić information content (AvgIpc) is 2.61. The molecule has 0 radical (unpaired) electrons. The second-order valence-corrected chi connectivity index (χ2v) is 7.43. The van der Waals surface area contributed by atoms with Crippen molar-refractivity contribution in [2.45, 2.75) is 26.1 Å². The van der Waals surface area contributed by atoms with Crippen molar-refractivity contribution in [2.75, 3.05) is 13.2 Å². The van der Waals surface area contributed by atoms with Crippen LogP contribution in [0.2, 0.25) is 0 Å². The predicted molar refractivity (Wildman–Crippen MR) is 98.8 cm³/mol. The molecule has 2 aromatic rings. The molecule has 128 valence electrons. The van der Waals surface area contributed by atoms with Crippen molar-refractivity contribution in [1.82, 2.24) is 0 Å². The van der Waals surface area contributed by atoms with Crippen molar-refractivity contribution >= 4 is 13.8 Å². The van der Waals surface area contributed by atoms with Gasteiger partial charge in [0.15, 0.2) is 5.78 Å². The monoisotopic (exact) mass is 345 g/mol. The Morgan fingerprint density at radius 3 is 2.04 bits per heavy atom. The molecule has 0 saturated heterocycles. The number of hydrogen-bond acceptors (Lipinski definition) is 4. The molecule has 0 aliphatic heterocycles. The molecule has 2 rings (SSSR count). The molecule has 24 heavy (non-hydrogen) atoms. The Kier molecular flexibility index (Phi) is 7.38. The molecule has 0 fully saturated rings. The molecule has 0 aliphatic rings. The van der Waals surface area contributed by atoms with E-state index < -0.39 is 13.4 Å². The van der Waals surface area contributed by atoms with Crippen LogP contribution in [0.5, 0.6) is 0 Å². The quantitative estimate of drug-likeness (QED) is 0.478. The predicted octanol–water partition coefficient (Wildman–Crippen LogP) is 4.94. The van der Waals surface area contributed by atoms with E-state index in [1.54, 1.807) is 6.21 Å². The van der Waals surface area contributed by atoms with E-state index in [1.165, 1.54) is 0 Å². The summed E-state index contributed by atoms with van der Waals surface area (Å²) in [5.41, 5.74) is 2.00. The topological polar surface area (TPSA) is 47.9 Å². The number of rotatable bonds is 9. The molecule has 0 heterocycles. The van der Waals surface area contributed by atoms with Crippen molar-refractivity contribution in [3.8, 4) is 0 Å². The first kappa shape index (κ1) is 18.6. The lowest BCUT2D eigenvalue weighted by Crippen LogP contribution is -2.15. The van der Waals surface area contributed by atoms with Crippen LogP contribution in [0.25, 0.3) is 0 Å². The molecule has 0 aromatic heterocycles. The smallest absolute Gasteiger partial charge is 0.307 e. The van der Waals surface area contributed by atoms with Gasteiger partial charge in [0.1, 0.15) is 0 Å². The lowest BCUT2D eigenvalue weighted by molar-refractivity contribution is 0.212. The van der Waals surface area contributed by atoms with Gasteiger partial charge in [-0.1, -0.05) is 60.7 Å².